The van der Waals surface area contributed by atoms with Crippen LogP contribution in [0.3, 0.4) is 0 Å². The van der Waals surface area contributed by atoms with Gasteiger partial charge in [0, 0.05) is 0 Å². The van der Waals surface area contributed by atoms with Crippen LogP contribution in [0.15, 0.2) is 41.3 Å². The van der Waals surface area contributed by atoms with Crippen molar-refractivity contribution >= 4 is 10.1 Å². The maximum Gasteiger partial charge on any atom is 0.296 e. The SMILES string of the molecule is C=C(CC)CCOS(=O)(=O)c1ccc(C)cc1. The van der Waals surface area contributed by atoms with E-state index in [2.05, 4.69) is 6.58 Å². The van der Waals surface area contributed by atoms with Gasteiger partial charge in [0.2, 0.25) is 0 Å². The molecule has 0 unspecified atom stereocenters. The first-order valence-corrected chi connectivity index (χ1v) is 6.99. The van der Waals surface area contributed by atoms with Gasteiger partial charge in [-0.05, 0) is 31.9 Å². The van der Waals surface area contributed by atoms with E-state index in [0.717, 1.165) is 17.6 Å². The highest BCUT2D eigenvalue weighted by molar-refractivity contribution is 7.86. The van der Waals surface area contributed by atoms with Crippen molar-refractivity contribution in [2.45, 2.75) is 31.6 Å². The largest absolute Gasteiger partial charge is 0.296 e. The van der Waals surface area contributed by atoms with Crippen molar-refractivity contribution in [2.24, 2.45) is 0 Å². The zero-order chi connectivity index (χ0) is 12.9. The third-order valence-corrected chi connectivity index (χ3v) is 3.83. The Morgan fingerprint density at radius 1 is 1.29 bits per heavy atom. The molecule has 17 heavy (non-hydrogen) atoms. The topological polar surface area (TPSA) is 43.4 Å². The molecule has 94 valence electrons. The van der Waals surface area contributed by atoms with E-state index in [-0.39, 0.29) is 11.5 Å². The molecule has 0 N–H and O–H groups in total. The Bertz CT molecular complexity index is 472. The van der Waals surface area contributed by atoms with Crippen molar-refractivity contribution in [2.75, 3.05) is 6.61 Å². The Morgan fingerprint density at radius 3 is 2.41 bits per heavy atom. The zero-order valence-corrected chi connectivity index (χ0v) is 11.1. The summed E-state index contributed by atoms with van der Waals surface area (Å²) in [6.45, 7) is 7.85. The third-order valence-electron chi connectivity index (χ3n) is 2.50. The van der Waals surface area contributed by atoms with Gasteiger partial charge in [-0.3, -0.25) is 4.18 Å². The first kappa shape index (κ1) is 13.9. The van der Waals surface area contributed by atoms with Gasteiger partial charge in [-0.2, -0.15) is 8.42 Å². The lowest BCUT2D eigenvalue weighted by Crippen LogP contribution is -2.08. The molecule has 0 aliphatic heterocycles. The van der Waals surface area contributed by atoms with Gasteiger partial charge in [-0.1, -0.05) is 36.8 Å². The van der Waals surface area contributed by atoms with E-state index in [9.17, 15) is 8.42 Å². The van der Waals surface area contributed by atoms with Gasteiger partial charge in [0.05, 0.1) is 11.5 Å². The fourth-order valence-electron chi connectivity index (χ4n) is 1.25. The molecule has 1 rings (SSSR count). The van der Waals surface area contributed by atoms with Crippen molar-refractivity contribution in [3.05, 3.63) is 42.0 Å². The Balaban J connectivity index is 2.63. The molecule has 1 aromatic rings. The Morgan fingerprint density at radius 2 is 1.88 bits per heavy atom. The standard InChI is InChI=1S/C13H18O3S/c1-4-11(2)9-10-16-17(14,15)13-7-5-12(3)6-8-13/h5-8H,2,4,9-10H2,1,3H3. The molecule has 0 amide bonds. The minimum Gasteiger partial charge on any atom is -0.266 e. The van der Waals surface area contributed by atoms with E-state index in [1.807, 2.05) is 13.8 Å². The second kappa shape index (κ2) is 5.98. The van der Waals surface area contributed by atoms with Gasteiger partial charge in [0.15, 0.2) is 0 Å². The molecule has 0 saturated heterocycles. The lowest BCUT2D eigenvalue weighted by molar-refractivity contribution is 0.321. The lowest BCUT2D eigenvalue weighted by Gasteiger charge is -2.06. The number of benzene rings is 1. The van der Waals surface area contributed by atoms with Crippen LogP contribution >= 0.6 is 0 Å². The molecule has 0 saturated carbocycles. The molecule has 3 nitrogen and oxygen atoms in total. The van der Waals surface area contributed by atoms with Crippen LogP contribution in [0, 0.1) is 6.92 Å². The van der Waals surface area contributed by atoms with Crippen LogP contribution in [0.4, 0.5) is 0 Å². The van der Waals surface area contributed by atoms with Crippen LogP contribution in [-0.4, -0.2) is 15.0 Å². The van der Waals surface area contributed by atoms with Gasteiger partial charge in [-0.25, -0.2) is 0 Å². The van der Waals surface area contributed by atoms with Gasteiger partial charge < -0.3 is 0 Å². The average molecular weight is 254 g/mol. The fraction of sp³-hybridized carbons (Fsp3) is 0.385. The smallest absolute Gasteiger partial charge is 0.266 e. The molecule has 0 atom stereocenters. The van der Waals surface area contributed by atoms with Crippen molar-refractivity contribution in [1.29, 1.82) is 0 Å². The van der Waals surface area contributed by atoms with Crippen molar-refractivity contribution in [1.82, 2.24) is 0 Å². The number of hydrogen-bond donors (Lipinski definition) is 0. The van der Waals surface area contributed by atoms with Gasteiger partial charge in [-0.15, -0.1) is 0 Å². The summed E-state index contributed by atoms with van der Waals surface area (Å²) < 4.78 is 28.5. The molecule has 1 aromatic carbocycles. The molecule has 0 heterocycles. The van der Waals surface area contributed by atoms with Crippen LogP contribution in [0.1, 0.15) is 25.3 Å². The van der Waals surface area contributed by atoms with E-state index in [0.29, 0.717) is 6.42 Å². The molecule has 0 bridgehead atoms. The summed E-state index contributed by atoms with van der Waals surface area (Å²) in [5, 5.41) is 0. The summed E-state index contributed by atoms with van der Waals surface area (Å²) in [5.74, 6) is 0. The molecule has 0 fully saturated rings. The minimum absolute atomic E-state index is 0.156. The summed E-state index contributed by atoms with van der Waals surface area (Å²) in [4.78, 5) is 0.199. The van der Waals surface area contributed by atoms with Gasteiger partial charge >= 0.3 is 0 Å². The number of aryl methyl sites for hydroxylation is 1. The third kappa shape index (κ3) is 4.32. The maximum atomic E-state index is 11.8. The van der Waals surface area contributed by atoms with Gasteiger partial charge in [0.25, 0.3) is 10.1 Å². The predicted octanol–water partition coefficient (Wildman–Crippen LogP) is 3.06. The van der Waals surface area contributed by atoms with Crippen molar-refractivity contribution < 1.29 is 12.6 Å². The van der Waals surface area contributed by atoms with Crippen LogP contribution < -0.4 is 0 Å². The molecule has 0 aromatic heterocycles. The summed E-state index contributed by atoms with van der Waals surface area (Å²) in [7, 11) is -3.62. The minimum atomic E-state index is -3.62. The van der Waals surface area contributed by atoms with E-state index >= 15 is 0 Å². The molecule has 0 radical (unpaired) electrons. The molecule has 0 aliphatic rings. The Kier molecular flexibility index (Phi) is 4.90. The highest BCUT2D eigenvalue weighted by Gasteiger charge is 2.14. The molecule has 0 aliphatic carbocycles. The predicted molar refractivity (Wildman–Crippen MR) is 68.4 cm³/mol. The van der Waals surface area contributed by atoms with Crippen LogP contribution in [0.5, 0.6) is 0 Å². The highest BCUT2D eigenvalue weighted by atomic mass is 32.2. The quantitative estimate of drug-likeness (QED) is 0.579. The Labute approximate surface area is 103 Å². The van der Waals surface area contributed by atoms with Gasteiger partial charge in [0.1, 0.15) is 0 Å². The first-order valence-electron chi connectivity index (χ1n) is 5.58. The average Bonchev–Trinajstić information content (AvgIpc) is 2.29. The maximum absolute atomic E-state index is 11.8. The van der Waals surface area contributed by atoms with E-state index in [1.54, 1.807) is 24.3 Å². The van der Waals surface area contributed by atoms with Crippen LogP contribution in [-0.2, 0) is 14.3 Å². The lowest BCUT2D eigenvalue weighted by atomic mass is 10.2. The Hall–Kier alpha value is -1.13. The summed E-state index contributed by atoms with van der Waals surface area (Å²) in [5.41, 5.74) is 2.01. The first-order chi connectivity index (χ1) is 7.95. The molecule has 4 heteroatoms. The van der Waals surface area contributed by atoms with E-state index in [4.69, 9.17) is 4.18 Å². The molecular formula is C13H18O3S. The zero-order valence-electron chi connectivity index (χ0n) is 10.3. The summed E-state index contributed by atoms with van der Waals surface area (Å²) in [6, 6.07) is 6.61. The fourth-order valence-corrected chi connectivity index (χ4v) is 2.15. The molecular weight excluding hydrogens is 236 g/mol. The van der Waals surface area contributed by atoms with Crippen LogP contribution in [0.2, 0.25) is 0 Å². The number of rotatable bonds is 6. The van der Waals surface area contributed by atoms with Crippen LogP contribution in [0.25, 0.3) is 0 Å². The van der Waals surface area contributed by atoms with E-state index in [1.165, 1.54) is 0 Å². The summed E-state index contributed by atoms with van der Waals surface area (Å²) >= 11 is 0. The number of hydrogen-bond acceptors (Lipinski definition) is 3. The molecule has 0 spiro atoms. The normalized spacial score (nSPS) is 11.4. The summed E-state index contributed by atoms with van der Waals surface area (Å²) in [6.07, 6.45) is 1.41. The monoisotopic (exact) mass is 254 g/mol. The second-order valence-corrected chi connectivity index (χ2v) is 5.56. The van der Waals surface area contributed by atoms with E-state index < -0.39 is 10.1 Å². The van der Waals surface area contributed by atoms with Crippen molar-refractivity contribution in [3.63, 3.8) is 0 Å². The highest BCUT2D eigenvalue weighted by Crippen LogP contribution is 2.14. The van der Waals surface area contributed by atoms with Crippen molar-refractivity contribution in [3.8, 4) is 0 Å². The second-order valence-electron chi connectivity index (χ2n) is 3.94.